The van der Waals surface area contributed by atoms with Gasteiger partial charge in [0.1, 0.15) is 0 Å². The van der Waals surface area contributed by atoms with Crippen LogP contribution in [0, 0.1) is 0 Å². The number of aryl methyl sites for hydroxylation is 1. The van der Waals surface area contributed by atoms with E-state index in [1.54, 1.807) is 6.08 Å². The third-order valence-corrected chi connectivity index (χ3v) is 3.22. The van der Waals surface area contributed by atoms with Crippen LogP contribution in [0.2, 0.25) is 0 Å². The highest BCUT2D eigenvalue weighted by Crippen LogP contribution is 2.10. The van der Waals surface area contributed by atoms with Crippen molar-refractivity contribution in [2.45, 2.75) is 26.2 Å². The van der Waals surface area contributed by atoms with Crippen molar-refractivity contribution in [3.05, 3.63) is 41.5 Å². The van der Waals surface area contributed by atoms with Gasteiger partial charge >= 0.3 is 0 Å². The zero-order valence-electron chi connectivity index (χ0n) is 10.4. The smallest absolute Gasteiger partial charge is 0.246 e. The monoisotopic (exact) mass is 229 g/mol. The van der Waals surface area contributed by atoms with Crippen molar-refractivity contribution < 1.29 is 4.79 Å². The maximum absolute atomic E-state index is 11.8. The number of carbonyl (C=O) groups is 1. The number of hydrogen-bond acceptors (Lipinski definition) is 1. The van der Waals surface area contributed by atoms with E-state index in [0.717, 1.165) is 37.9 Å². The standard InChI is InChI=1S/C15H19NO/c1-2-13-5-7-14(8-6-13)9-10-15(17)16-11-3-4-12-16/h5-10H,2-4,11-12H2,1H3. The fourth-order valence-corrected chi connectivity index (χ4v) is 2.07. The fraction of sp³-hybridized carbons (Fsp3) is 0.400. The van der Waals surface area contributed by atoms with Gasteiger partial charge in [-0.25, -0.2) is 0 Å². The molecule has 0 saturated carbocycles. The van der Waals surface area contributed by atoms with Gasteiger partial charge in [0.05, 0.1) is 0 Å². The molecule has 0 unspecified atom stereocenters. The van der Waals surface area contributed by atoms with Gasteiger partial charge in [0.25, 0.3) is 0 Å². The zero-order valence-corrected chi connectivity index (χ0v) is 10.4. The highest BCUT2D eigenvalue weighted by atomic mass is 16.2. The van der Waals surface area contributed by atoms with Crippen molar-refractivity contribution in [1.82, 2.24) is 4.90 Å². The highest BCUT2D eigenvalue weighted by molar-refractivity contribution is 5.91. The zero-order chi connectivity index (χ0) is 12.1. The van der Waals surface area contributed by atoms with Crippen LogP contribution in [0.5, 0.6) is 0 Å². The molecule has 90 valence electrons. The molecule has 0 aliphatic carbocycles. The Labute approximate surface area is 103 Å². The maximum atomic E-state index is 11.8. The molecule has 1 heterocycles. The molecule has 17 heavy (non-hydrogen) atoms. The van der Waals surface area contributed by atoms with E-state index < -0.39 is 0 Å². The van der Waals surface area contributed by atoms with Crippen LogP contribution >= 0.6 is 0 Å². The molecule has 0 bridgehead atoms. The van der Waals surface area contributed by atoms with Crippen molar-refractivity contribution in [1.29, 1.82) is 0 Å². The molecule has 2 heteroatoms. The lowest BCUT2D eigenvalue weighted by atomic mass is 10.1. The molecule has 1 saturated heterocycles. The van der Waals surface area contributed by atoms with Crippen LogP contribution in [0.15, 0.2) is 30.3 Å². The van der Waals surface area contributed by atoms with Gasteiger partial charge in [0.2, 0.25) is 5.91 Å². The quantitative estimate of drug-likeness (QED) is 0.730. The minimum atomic E-state index is 0.141. The van der Waals surface area contributed by atoms with E-state index >= 15 is 0 Å². The average Bonchev–Trinajstić information content (AvgIpc) is 2.90. The van der Waals surface area contributed by atoms with Crippen molar-refractivity contribution in [2.75, 3.05) is 13.1 Å². The minimum Gasteiger partial charge on any atom is -0.339 e. The van der Waals surface area contributed by atoms with Crippen LogP contribution in [0.3, 0.4) is 0 Å². The third-order valence-electron chi connectivity index (χ3n) is 3.22. The first-order chi connectivity index (χ1) is 8.29. The van der Waals surface area contributed by atoms with Crippen LogP contribution < -0.4 is 0 Å². The Bertz CT molecular complexity index is 399. The molecule has 1 aromatic carbocycles. The number of benzene rings is 1. The molecular weight excluding hydrogens is 210 g/mol. The number of nitrogens with zero attached hydrogens (tertiary/aromatic N) is 1. The predicted molar refractivity (Wildman–Crippen MR) is 70.7 cm³/mol. The summed E-state index contributed by atoms with van der Waals surface area (Å²) >= 11 is 0. The molecule has 1 aromatic rings. The lowest BCUT2D eigenvalue weighted by Gasteiger charge is -2.11. The first kappa shape index (κ1) is 11.9. The molecule has 0 spiro atoms. The molecule has 1 aliphatic heterocycles. The minimum absolute atomic E-state index is 0.141. The van der Waals surface area contributed by atoms with Crippen LogP contribution in [0.1, 0.15) is 30.9 Å². The van der Waals surface area contributed by atoms with Gasteiger partial charge < -0.3 is 4.90 Å². The van der Waals surface area contributed by atoms with Gasteiger partial charge in [-0.1, -0.05) is 31.2 Å². The molecule has 1 aliphatic rings. The molecule has 0 N–H and O–H groups in total. The van der Waals surface area contributed by atoms with E-state index in [-0.39, 0.29) is 5.91 Å². The summed E-state index contributed by atoms with van der Waals surface area (Å²) in [4.78, 5) is 13.7. The number of likely N-dealkylation sites (tertiary alicyclic amines) is 1. The topological polar surface area (TPSA) is 20.3 Å². The van der Waals surface area contributed by atoms with Crippen molar-refractivity contribution in [3.63, 3.8) is 0 Å². The molecule has 1 fully saturated rings. The largest absolute Gasteiger partial charge is 0.339 e. The summed E-state index contributed by atoms with van der Waals surface area (Å²) in [5.41, 5.74) is 2.42. The summed E-state index contributed by atoms with van der Waals surface area (Å²) in [7, 11) is 0. The third kappa shape index (κ3) is 3.19. The second kappa shape index (κ2) is 5.67. The van der Waals surface area contributed by atoms with E-state index in [1.807, 2.05) is 11.0 Å². The summed E-state index contributed by atoms with van der Waals surface area (Å²) in [5.74, 6) is 0.141. The van der Waals surface area contributed by atoms with E-state index in [4.69, 9.17) is 0 Å². The van der Waals surface area contributed by atoms with Crippen LogP contribution in [-0.2, 0) is 11.2 Å². The molecule has 2 nitrogen and oxygen atoms in total. The summed E-state index contributed by atoms with van der Waals surface area (Å²) in [6.45, 7) is 3.97. The van der Waals surface area contributed by atoms with Gasteiger partial charge in [-0.15, -0.1) is 0 Å². The Morgan fingerprint density at radius 2 is 1.88 bits per heavy atom. The molecular formula is C15H19NO. The Balaban J connectivity index is 1.96. The highest BCUT2D eigenvalue weighted by Gasteiger charge is 2.14. The number of hydrogen-bond donors (Lipinski definition) is 0. The number of rotatable bonds is 3. The first-order valence-electron chi connectivity index (χ1n) is 6.35. The average molecular weight is 229 g/mol. The van der Waals surface area contributed by atoms with Gasteiger partial charge in [0.15, 0.2) is 0 Å². The van der Waals surface area contributed by atoms with Crippen LogP contribution in [-0.4, -0.2) is 23.9 Å². The van der Waals surface area contributed by atoms with E-state index in [2.05, 4.69) is 31.2 Å². The number of carbonyl (C=O) groups excluding carboxylic acids is 1. The van der Waals surface area contributed by atoms with E-state index in [9.17, 15) is 4.79 Å². The van der Waals surface area contributed by atoms with Gasteiger partial charge in [-0.2, -0.15) is 0 Å². The summed E-state index contributed by atoms with van der Waals surface area (Å²) in [6.07, 6.45) is 6.93. The Hall–Kier alpha value is -1.57. The summed E-state index contributed by atoms with van der Waals surface area (Å²) in [6, 6.07) is 8.35. The molecule has 0 atom stereocenters. The maximum Gasteiger partial charge on any atom is 0.246 e. The van der Waals surface area contributed by atoms with Crippen molar-refractivity contribution >= 4 is 12.0 Å². The predicted octanol–water partition coefficient (Wildman–Crippen LogP) is 2.88. The van der Waals surface area contributed by atoms with E-state index in [0.29, 0.717) is 0 Å². The van der Waals surface area contributed by atoms with E-state index in [1.165, 1.54) is 5.56 Å². The number of amides is 1. The van der Waals surface area contributed by atoms with Gasteiger partial charge in [-0.3, -0.25) is 4.79 Å². The lowest BCUT2D eigenvalue weighted by Crippen LogP contribution is -2.25. The van der Waals surface area contributed by atoms with Crippen molar-refractivity contribution in [3.8, 4) is 0 Å². The van der Waals surface area contributed by atoms with Gasteiger partial charge in [0, 0.05) is 19.2 Å². The molecule has 1 amide bonds. The normalized spacial score (nSPS) is 15.7. The molecule has 0 aromatic heterocycles. The van der Waals surface area contributed by atoms with Crippen molar-refractivity contribution in [2.24, 2.45) is 0 Å². The molecule has 2 rings (SSSR count). The molecule has 0 radical (unpaired) electrons. The fourth-order valence-electron chi connectivity index (χ4n) is 2.07. The van der Waals surface area contributed by atoms with Crippen LogP contribution in [0.25, 0.3) is 6.08 Å². The summed E-state index contributed by atoms with van der Waals surface area (Å²) in [5, 5.41) is 0. The van der Waals surface area contributed by atoms with Crippen LogP contribution in [0.4, 0.5) is 0 Å². The Morgan fingerprint density at radius 3 is 2.47 bits per heavy atom. The Kier molecular flexibility index (Phi) is 3.97. The second-order valence-corrected chi connectivity index (χ2v) is 4.46. The lowest BCUT2D eigenvalue weighted by molar-refractivity contribution is -0.124. The first-order valence-corrected chi connectivity index (χ1v) is 6.35. The van der Waals surface area contributed by atoms with Gasteiger partial charge in [-0.05, 0) is 36.5 Å². The SMILES string of the molecule is CCc1ccc(C=CC(=O)N2CCCC2)cc1. The second-order valence-electron chi connectivity index (χ2n) is 4.46. The Morgan fingerprint density at radius 1 is 1.24 bits per heavy atom. The summed E-state index contributed by atoms with van der Waals surface area (Å²) < 4.78 is 0.